The average molecular weight is 265 g/mol. The summed E-state index contributed by atoms with van der Waals surface area (Å²) in [7, 11) is -0.678. The molecule has 1 heterocycles. The third-order valence-corrected chi connectivity index (χ3v) is 4.88. The van der Waals surface area contributed by atoms with Gasteiger partial charge in [0.25, 0.3) is 0 Å². The maximum atomic E-state index is 11.7. The highest BCUT2D eigenvalue weighted by molar-refractivity contribution is 7.85. The molecule has 3 heteroatoms. The van der Waals surface area contributed by atoms with E-state index in [1.165, 1.54) is 11.1 Å². The summed E-state index contributed by atoms with van der Waals surface area (Å²) in [6, 6.07) is 9.39. The van der Waals surface area contributed by atoms with Crippen molar-refractivity contribution in [3.63, 3.8) is 0 Å². The van der Waals surface area contributed by atoms with Crippen LogP contribution < -0.4 is 5.32 Å². The van der Waals surface area contributed by atoms with Crippen LogP contribution >= 0.6 is 0 Å². The van der Waals surface area contributed by atoms with Crippen molar-refractivity contribution in [2.24, 2.45) is 5.92 Å². The normalized spacial score (nSPS) is 28.6. The van der Waals surface area contributed by atoms with Gasteiger partial charge < -0.3 is 5.32 Å². The lowest BCUT2D eigenvalue weighted by Crippen LogP contribution is -2.43. The summed E-state index contributed by atoms with van der Waals surface area (Å²) in [5.41, 5.74) is 2.65. The van der Waals surface area contributed by atoms with E-state index in [4.69, 9.17) is 0 Å². The lowest BCUT2D eigenvalue weighted by atomic mass is 9.99. The van der Waals surface area contributed by atoms with Gasteiger partial charge in [-0.15, -0.1) is 0 Å². The third-order valence-electron chi connectivity index (χ3n) is 3.30. The number of benzene rings is 1. The first-order chi connectivity index (χ1) is 8.54. The minimum absolute atomic E-state index is 0.252. The summed E-state index contributed by atoms with van der Waals surface area (Å²) in [6.45, 7) is 6.58. The van der Waals surface area contributed by atoms with Gasteiger partial charge in [0.05, 0.1) is 0 Å². The van der Waals surface area contributed by atoms with E-state index in [0.717, 1.165) is 17.9 Å². The lowest BCUT2D eigenvalue weighted by Gasteiger charge is -2.28. The first-order valence-corrected chi connectivity index (χ1v) is 8.23. The monoisotopic (exact) mass is 265 g/mol. The Bertz CT molecular complexity index is 413. The molecule has 18 heavy (non-hydrogen) atoms. The van der Waals surface area contributed by atoms with E-state index in [0.29, 0.717) is 12.0 Å². The highest BCUT2D eigenvalue weighted by Gasteiger charge is 2.23. The van der Waals surface area contributed by atoms with E-state index in [1.54, 1.807) is 0 Å². The van der Waals surface area contributed by atoms with Gasteiger partial charge in [0.15, 0.2) is 0 Å². The molecule has 3 atom stereocenters. The zero-order chi connectivity index (χ0) is 13.1. The molecule has 100 valence electrons. The minimum atomic E-state index is -0.678. The molecule has 0 amide bonds. The Morgan fingerprint density at radius 2 is 1.94 bits per heavy atom. The Hall–Kier alpha value is -0.670. The maximum Gasteiger partial charge on any atom is 0.0439 e. The van der Waals surface area contributed by atoms with E-state index in [2.05, 4.69) is 50.4 Å². The number of nitrogens with one attached hydrogen (secondary N) is 1. The lowest BCUT2D eigenvalue weighted by molar-refractivity contribution is 0.489. The predicted octanol–water partition coefficient (Wildman–Crippen LogP) is 2.67. The maximum absolute atomic E-state index is 11.7. The molecule has 3 unspecified atom stereocenters. The molecule has 1 aromatic carbocycles. The number of rotatable bonds is 3. The van der Waals surface area contributed by atoms with Crippen LogP contribution in [0.2, 0.25) is 0 Å². The van der Waals surface area contributed by atoms with Gasteiger partial charge in [-0.25, -0.2) is 0 Å². The van der Waals surface area contributed by atoms with Crippen LogP contribution in [0.25, 0.3) is 0 Å². The minimum Gasteiger partial charge on any atom is -0.306 e. The van der Waals surface area contributed by atoms with Crippen molar-refractivity contribution in [3.05, 3.63) is 35.4 Å². The molecule has 1 N–H and O–H groups in total. The molecule has 0 saturated carbocycles. The van der Waals surface area contributed by atoms with Gasteiger partial charge in [-0.2, -0.15) is 0 Å². The van der Waals surface area contributed by atoms with Crippen molar-refractivity contribution in [1.29, 1.82) is 0 Å². The largest absolute Gasteiger partial charge is 0.306 e. The molecule has 0 spiro atoms. The average Bonchev–Trinajstić information content (AvgIpc) is 2.27. The Balaban J connectivity index is 2.07. The van der Waals surface area contributed by atoms with Gasteiger partial charge in [-0.1, -0.05) is 38.1 Å². The van der Waals surface area contributed by atoms with E-state index in [-0.39, 0.29) is 6.04 Å². The van der Waals surface area contributed by atoms with Crippen molar-refractivity contribution < 1.29 is 4.21 Å². The first kappa shape index (κ1) is 13.8. The molecule has 2 nitrogen and oxygen atoms in total. The quantitative estimate of drug-likeness (QED) is 0.910. The van der Waals surface area contributed by atoms with Gasteiger partial charge in [0, 0.05) is 34.4 Å². The molecule has 0 aliphatic carbocycles. The van der Waals surface area contributed by atoms with Crippen LogP contribution in [0, 0.1) is 5.92 Å². The van der Waals surface area contributed by atoms with Gasteiger partial charge in [0.2, 0.25) is 0 Å². The second-order valence-electron chi connectivity index (χ2n) is 5.73. The fraction of sp³-hybridized carbons (Fsp3) is 0.600. The highest BCUT2D eigenvalue weighted by Crippen LogP contribution is 2.20. The first-order valence-electron chi connectivity index (χ1n) is 6.74. The number of hydrogen-bond donors (Lipinski definition) is 1. The molecule has 1 fully saturated rings. The molecular weight excluding hydrogens is 242 g/mol. The molecular formula is C15H23NOS. The highest BCUT2D eigenvalue weighted by atomic mass is 32.2. The Labute approximate surface area is 113 Å². The van der Waals surface area contributed by atoms with Crippen LogP contribution in [0.15, 0.2) is 24.3 Å². The molecule has 0 radical (unpaired) electrons. The van der Waals surface area contributed by atoms with Crippen LogP contribution in [0.5, 0.6) is 0 Å². The molecule has 0 bridgehead atoms. The molecule has 1 aromatic rings. The van der Waals surface area contributed by atoms with Crippen molar-refractivity contribution in [2.75, 3.05) is 11.5 Å². The third kappa shape index (κ3) is 3.66. The summed E-state index contributed by atoms with van der Waals surface area (Å²) in [5, 5.41) is 3.53. The van der Waals surface area contributed by atoms with E-state index < -0.39 is 10.8 Å². The van der Waals surface area contributed by atoms with Gasteiger partial charge in [-0.3, -0.25) is 4.21 Å². The fourth-order valence-corrected chi connectivity index (χ4v) is 3.97. The fourth-order valence-electron chi connectivity index (χ4n) is 2.52. The van der Waals surface area contributed by atoms with E-state index in [1.807, 2.05) is 0 Å². The van der Waals surface area contributed by atoms with Crippen LogP contribution in [-0.4, -0.2) is 21.8 Å². The van der Waals surface area contributed by atoms with Crippen molar-refractivity contribution in [1.82, 2.24) is 5.32 Å². The van der Waals surface area contributed by atoms with Crippen molar-refractivity contribution >= 4 is 10.8 Å². The van der Waals surface area contributed by atoms with Crippen molar-refractivity contribution in [3.8, 4) is 0 Å². The summed E-state index contributed by atoms with van der Waals surface area (Å²) in [6.07, 6.45) is 1.13. The molecule has 1 saturated heterocycles. The Morgan fingerprint density at radius 1 is 1.28 bits per heavy atom. The van der Waals surface area contributed by atoms with Crippen LogP contribution in [0.4, 0.5) is 0 Å². The molecule has 1 aliphatic heterocycles. The summed E-state index contributed by atoms with van der Waals surface area (Å²) in [4.78, 5) is 0. The van der Waals surface area contributed by atoms with Gasteiger partial charge >= 0.3 is 0 Å². The predicted molar refractivity (Wildman–Crippen MR) is 78.2 cm³/mol. The smallest absolute Gasteiger partial charge is 0.0439 e. The number of hydrogen-bond acceptors (Lipinski definition) is 2. The zero-order valence-corrected chi connectivity index (χ0v) is 12.3. The van der Waals surface area contributed by atoms with E-state index in [9.17, 15) is 4.21 Å². The topological polar surface area (TPSA) is 29.1 Å². The van der Waals surface area contributed by atoms with Crippen LogP contribution in [0.1, 0.15) is 37.9 Å². The molecule has 2 rings (SSSR count). The van der Waals surface area contributed by atoms with Crippen molar-refractivity contribution in [2.45, 2.75) is 39.3 Å². The molecule has 1 aliphatic rings. The second kappa shape index (κ2) is 5.98. The van der Waals surface area contributed by atoms with E-state index >= 15 is 0 Å². The zero-order valence-electron chi connectivity index (χ0n) is 11.5. The summed E-state index contributed by atoms with van der Waals surface area (Å²) < 4.78 is 11.7. The summed E-state index contributed by atoms with van der Waals surface area (Å²) in [5.74, 6) is 2.21. The van der Waals surface area contributed by atoms with Crippen LogP contribution in [0.3, 0.4) is 0 Å². The van der Waals surface area contributed by atoms with Gasteiger partial charge in [-0.05, 0) is 30.4 Å². The second-order valence-corrected chi connectivity index (χ2v) is 7.28. The standard InChI is InChI=1S/C15H23NOS/c1-11(2)8-13-4-6-14(7-5-13)15-10-18(17)9-12(3)16-15/h4-7,11-12,15-16H,8-10H2,1-3H3. The SMILES string of the molecule is CC(C)Cc1ccc(C2CS(=O)CC(C)N2)cc1. The van der Waals surface area contributed by atoms with Gasteiger partial charge in [0.1, 0.15) is 0 Å². The Morgan fingerprint density at radius 3 is 2.50 bits per heavy atom. The molecule has 0 aromatic heterocycles. The van der Waals surface area contributed by atoms with Crippen LogP contribution in [-0.2, 0) is 17.2 Å². The Kier molecular flexibility index (Phi) is 4.57. The summed E-state index contributed by atoms with van der Waals surface area (Å²) >= 11 is 0.